The highest BCUT2D eigenvalue weighted by molar-refractivity contribution is 5.53. The smallest absolute Gasteiger partial charge is 0.0991 e. The Balaban J connectivity index is 1.19. The van der Waals surface area contributed by atoms with Crippen molar-refractivity contribution in [3.63, 3.8) is 0 Å². The van der Waals surface area contributed by atoms with E-state index in [1.54, 1.807) is 48.5 Å². The number of nitrogens with zero attached hydrogens (tertiary/aromatic N) is 6. The first kappa shape index (κ1) is 23.8. The largest absolute Gasteiger partial charge is 0.383 e. The van der Waals surface area contributed by atoms with Gasteiger partial charge in [0.1, 0.15) is 0 Å². The summed E-state index contributed by atoms with van der Waals surface area (Å²) in [7, 11) is 0. The van der Waals surface area contributed by atoms with Crippen LogP contribution in [0, 0.1) is 22.7 Å². The minimum Gasteiger partial charge on any atom is -0.383 e. The van der Waals surface area contributed by atoms with Crippen LogP contribution in [0.15, 0.2) is 118 Å². The second kappa shape index (κ2) is 12.2. The highest BCUT2D eigenvalue weighted by Gasteiger charge is 1.97. The Hall–Kier alpha value is -5.34. The summed E-state index contributed by atoms with van der Waals surface area (Å²) >= 11 is 0. The molecule has 0 aliphatic rings. The van der Waals surface area contributed by atoms with E-state index in [1.165, 1.54) is 0 Å². The Kier molecular flexibility index (Phi) is 8.08. The third-order valence-electron chi connectivity index (χ3n) is 5.07. The Morgan fingerprint density at radius 3 is 1.00 bits per heavy atom. The van der Waals surface area contributed by atoms with Gasteiger partial charge in [0.25, 0.3) is 0 Å². The van der Waals surface area contributed by atoms with E-state index in [0.29, 0.717) is 22.5 Å². The van der Waals surface area contributed by atoms with Crippen LogP contribution in [-0.4, -0.2) is 13.1 Å². The lowest BCUT2D eigenvalue weighted by atomic mass is 10.2. The van der Waals surface area contributed by atoms with Crippen LogP contribution >= 0.6 is 0 Å². The molecular weight excluding hydrogens is 448 g/mol. The van der Waals surface area contributed by atoms with Gasteiger partial charge in [-0.3, -0.25) is 0 Å². The third-order valence-corrected chi connectivity index (χ3v) is 5.07. The predicted octanol–water partition coefficient (Wildman–Crippen LogP) is 7.78. The molecule has 0 saturated heterocycles. The molecule has 0 unspecified atom stereocenters. The van der Waals surface area contributed by atoms with Crippen molar-refractivity contribution in [2.45, 2.75) is 0 Å². The predicted molar refractivity (Wildman–Crippen MR) is 141 cm³/mol. The fourth-order valence-corrected chi connectivity index (χ4v) is 3.14. The minimum absolute atomic E-state index is 0.596. The zero-order chi connectivity index (χ0) is 25.0. The lowest BCUT2D eigenvalue weighted by Gasteiger charge is -2.09. The second-order valence-corrected chi connectivity index (χ2v) is 7.66. The zero-order valence-corrected chi connectivity index (χ0v) is 19.3. The van der Waals surface area contributed by atoms with E-state index in [-0.39, 0.29) is 0 Å². The summed E-state index contributed by atoms with van der Waals surface area (Å²) in [5.41, 5.74) is 6.07. The number of rotatable bonds is 9. The molecule has 36 heavy (non-hydrogen) atoms. The second-order valence-electron chi connectivity index (χ2n) is 7.66. The molecule has 0 radical (unpaired) electrons. The highest BCUT2D eigenvalue weighted by Crippen LogP contribution is 2.22. The SMILES string of the molecule is N#Cc1ccc(/N=N/c2ccc(NCCNc3ccc(/N=N/c4ccc(C#N)cc4)cc3)cc2)cc1. The molecule has 0 atom stereocenters. The van der Waals surface area contributed by atoms with Crippen LogP contribution in [0.4, 0.5) is 34.1 Å². The van der Waals surface area contributed by atoms with E-state index in [9.17, 15) is 0 Å². The van der Waals surface area contributed by atoms with Gasteiger partial charge in [0.15, 0.2) is 0 Å². The number of hydrogen-bond donors (Lipinski definition) is 2. The molecular formula is C28H22N8. The van der Waals surface area contributed by atoms with E-state index < -0.39 is 0 Å². The van der Waals surface area contributed by atoms with Crippen molar-refractivity contribution in [2.24, 2.45) is 20.5 Å². The number of azo groups is 2. The summed E-state index contributed by atoms with van der Waals surface area (Å²) in [5.74, 6) is 0. The maximum Gasteiger partial charge on any atom is 0.0991 e. The maximum absolute atomic E-state index is 8.84. The van der Waals surface area contributed by atoms with Gasteiger partial charge >= 0.3 is 0 Å². The average molecular weight is 471 g/mol. The molecule has 0 aromatic heterocycles. The van der Waals surface area contributed by atoms with Crippen LogP contribution < -0.4 is 10.6 Å². The van der Waals surface area contributed by atoms with E-state index in [4.69, 9.17) is 10.5 Å². The van der Waals surface area contributed by atoms with Gasteiger partial charge in [-0.2, -0.15) is 31.0 Å². The number of nitrogens with one attached hydrogen (secondary N) is 2. The fourth-order valence-electron chi connectivity index (χ4n) is 3.14. The maximum atomic E-state index is 8.84. The summed E-state index contributed by atoms with van der Waals surface area (Å²) in [6, 6.07) is 33.5. The molecule has 2 N–H and O–H groups in total. The monoisotopic (exact) mass is 470 g/mol. The Morgan fingerprint density at radius 2 is 0.722 bits per heavy atom. The number of hydrogen-bond acceptors (Lipinski definition) is 8. The molecule has 0 bridgehead atoms. The van der Waals surface area contributed by atoms with E-state index in [1.807, 2.05) is 48.5 Å². The molecule has 0 spiro atoms. The van der Waals surface area contributed by atoms with Gasteiger partial charge in [-0.25, -0.2) is 0 Å². The molecule has 4 aromatic rings. The van der Waals surface area contributed by atoms with Crippen LogP contribution in [0.3, 0.4) is 0 Å². The van der Waals surface area contributed by atoms with Crippen molar-refractivity contribution in [1.82, 2.24) is 0 Å². The fraction of sp³-hybridized carbons (Fsp3) is 0.0714. The number of benzene rings is 4. The molecule has 4 rings (SSSR count). The molecule has 174 valence electrons. The number of nitriles is 2. The van der Waals surface area contributed by atoms with E-state index in [0.717, 1.165) is 35.8 Å². The van der Waals surface area contributed by atoms with Crippen LogP contribution in [0.25, 0.3) is 0 Å². The lowest BCUT2D eigenvalue weighted by Crippen LogP contribution is -2.13. The molecule has 0 saturated carbocycles. The molecule has 0 heterocycles. The van der Waals surface area contributed by atoms with Crippen molar-refractivity contribution >= 4 is 34.1 Å². The van der Waals surface area contributed by atoms with E-state index in [2.05, 4.69) is 43.2 Å². The van der Waals surface area contributed by atoms with Gasteiger partial charge in [0.05, 0.1) is 46.0 Å². The Morgan fingerprint density at radius 1 is 0.444 bits per heavy atom. The van der Waals surface area contributed by atoms with Gasteiger partial charge in [0.2, 0.25) is 0 Å². The van der Waals surface area contributed by atoms with Crippen LogP contribution in [0.1, 0.15) is 11.1 Å². The topological polar surface area (TPSA) is 121 Å². The van der Waals surface area contributed by atoms with Gasteiger partial charge in [-0.1, -0.05) is 0 Å². The van der Waals surface area contributed by atoms with Crippen molar-refractivity contribution < 1.29 is 0 Å². The molecule has 0 fully saturated rings. The summed E-state index contributed by atoms with van der Waals surface area (Å²) in [6.45, 7) is 1.48. The Labute approximate surface area is 209 Å². The zero-order valence-electron chi connectivity index (χ0n) is 19.3. The molecule has 8 heteroatoms. The van der Waals surface area contributed by atoms with Crippen molar-refractivity contribution in [3.05, 3.63) is 108 Å². The van der Waals surface area contributed by atoms with Crippen molar-refractivity contribution in [1.29, 1.82) is 10.5 Å². The van der Waals surface area contributed by atoms with Crippen molar-refractivity contribution in [2.75, 3.05) is 23.7 Å². The highest BCUT2D eigenvalue weighted by atomic mass is 15.1. The average Bonchev–Trinajstić information content (AvgIpc) is 2.95. The van der Waals surface area contributed by atoms with Crippen LogP contribution in [0.5, 0.6) is 0 Å². The Bertz CT molecular complexity index is 1300. The summed E-state index contributed by atoms with van der Waals surface area (Å²) in [4.78, 5) is 0. The first-order valence-corrected chi connectivity index (χ1v) is 11.2. The quantitative estimate of drug-likeness (QED) is 0.191. The molecule has 8 nitrogen and oxygen atoms in total. The van der Waals surface area contributed by atoms with E-state index >= 15 is 0 Å². The van der Waals surface area contributed by atoms with Crippen LogP contribution in [-0.2, 0) is 0 Å². The lowest BCUT2D eigenvalue weighted by molar-refractivity contribution is 1.08. The minimum atomic E-state index is 0.596. The van der Waals surface area contributed by atoms with Gasteiger partial charge < -0.3 is 10.6 Å². The first-order chi connectivity index (χ1) is 17.7. The van der Waals surface area contributed by atoms with Crippen LogP contribution in [0.2, 0.25) is 0 Å². The first-order valence-electron chi connectivity index (χ1n) is 11.2. The summed E-state index contributed by atoms with van der Waals surface area (Å²) in [6.07, 6.45) is 0. The van der Waals surface area contributed by atoms with Gasteiger partial charge in [-0.15, -0.1) is 0 Å². The number of anilines is 2. The van der Waals surface area contributed by atoms with Crippen molar-refractivity contribution in [3.8, 4) is 12.1 Å². The van der Waals surface area contributed by atoms with Gasteiger partial charge in [0, 0.05) is 24.5 Å². The summed E-state index contributed by atoms with van der Waals surface area (Å²) in [5, 5.41) is 41.3. The molecule has 0 aliphatic heterocycles. The van der Waals surface area contributed by atoms with Gasteiger partial charge in [-0.05, 0) is 97.1 Å². The molecule has 0 aliphatic carbocycles. The molecule has 4 aromatic carbocycles. The standard InChI is InChI=1S/C28H22N8/c29-19-21-1-5-25(6-2-21)33-35-27-13-9-23(10-14-27)31-17-18-32-24-11-15-28(16-12-24)36-34-26-7-3-22(20-30)4-8-26/h1-16,31-32H,17-18H2/b35-33+,36-34+. The normalized spacial score (nSPS) is 10.7. The molecule has 0 amide bonds. The summed E-state index contributed by atoms with van der Waals surface area (Å²) < 4.78 is 0. The third kappa shape index (κ3) is 7.08.